The number of rotatable bonds is 4. The molecular weight excluding hydrogens is 247 g/mol. The van der Waals surface area contributed by atoms with E-state index in [4.69, 9.17) is 9.84 Å². The number of ether oxygens (including phenoxy) is 1. The molecule has 0 fully saturated rings. The predicted octanol–water partition coefficient (Wildman–Crippen LogP) is 2.90. The highest BCUT2D eigenvalue weighted by molar-refractivity contribution is 5.15. The smallest absolute Gasteiger partial charge is 0.379 e. The van der Waals surface area contributed by atoms with Gasteiger partial charge in [-0.15, -0.1) is 0 Å². The van der Waals surface area contributed by atoms with Crippen molar-refractivity contribution in [2.24, 2.45) is 0 Å². The number of aliphatic hydroxyl groups is 1. The molecule has 6 heteroatoms. The fourth-order valence-electron chi connectivity index (χ4n) is 1.41. The van der Waals surface area contributed by atoms with Crippen LogP contribution in [0, 0.1) is 0 Å². The van der Waals surface area contributed by atoms with Crippen molar-refractivity contribution < 1.29 is 23.0 Å². The zero-order chi connectivity index (χ0) is 14.0. The molecule has 1 rings (SSSR count). The molecule has 104 valence electrons. The Morgan fingerprint density at radius 1 is 1.33 bits per heavy atom. The van der Waals surface area contributed by atoms with Gasteiger partial charge in [0.2, 0.25) is 0 Å². The molecule has 0 bridgehead atoms. The van der Waals surface area contributed by atoms with Gasteiger partial charge >= 0.3 is 6.18 Å². The Kier molecular flexibility index (Phi) is 4.45. The molecule has 1 atom stereocenters. The van der Waals surface area contributed by atoms with Crippen LogP contribution < -0.4 is 0 Å². The van der Waals surface area contributed by atoms with Crippen LogP contribution in [0.2, 0.25) is 0 Å². The molecule has 1 unspecified atom stereocenters. The first-order valence-electron chi connectivity index (χ1n) is 5.64. The Morgan fingerprint density at radius 3 is 2.44 bits per heavy atom. The van der Waals surface area contributed by atoms with Gasteiger partial charge in [0.25, 0.3) is 0 Å². The second kappa shape index (κ2) is 5.32. The van der Waals surface area contributed by atoms with Crippen molar-refractivity contribution in [3.8, 4) is 0 Å². The third-order valence-corrected chi connectivity index (χ3v) is 2.28. The van der Waals surface area contributed by atoms with Crippen LogP contribution in [0.5, 0.6) is 0 Å². The predicted molar refractivity (Wildman–Crippen MR) is 61.2 cm³/mol. The number of halogens is 3. The summed E-state index contributed by atoms with van der Waals surface area (Å²) in [5.74, 6) is 0. The molecule has 0 aliphatic rings. The summed E-state index contributed by atoms with van der Waals surface area (Å²) >= 11 is 0. The lowest BCUT2D eigenvalue weighted by atomic mass is 10.2. The minimum atomic E-state index is -4.63. The summed E-state index contributed by atoms with van der Waals surface area (Å²) < 4.78 is 43.8. The molecule has 0 aliphatic heterocycles. The molecule has 1 heterocycles. The van der Waals surface area contributed by atoms with Crippen molar-refractivity contribution in [1.29, 1.82) is 0 Å². The Hall–Kier alpha value is -1.01. The number of nitrogens with zero attached hydrogens (tertiary/aromatic N) is 1. The van der Waals surface area contributed by atoms with E-state index in [1.807, 2.05) is 20.8 Å². The third-order valence-electron chi connectivity index (χ3n) is 2.28. The van der Waals surface area contributed by atoms with Crippen molar-refractivity contribution in [1.82, 2.24) is 4.57 Å². The van der Waals surface area contributed by atoms with Crippen LogP contribution in [0.1, 0.15) is 32.4 Å². The maximum atomic E-state index is 12.3. The van der Waals surface area contributed by atoms with Gasteiger partial charge in [-0.2, -0.15) is 13.2 Å². The standard InChI is InChI=1S/C12H18F3NO2/c1-11(2,3)18-7-6-16-5-4-9(8-16)10(17)12(13,14)15/h4-5,8,10,17H,6-7H2,1-3H3. The Balaban J connectivity index is 2.54. The van der Waals surface area contributed by atoms with Gasteiger partial charge in [-0.05, 0) is 26.8 Å². The first-order valence-corrected chi connectivity index (χ1v) is 5.64. The van der Waals surface area contributed by atoms with Crippen LogP contribution in [0.4, 0.5) is 13.2 Å². The maximum Gasteiger partial charge on any atom is 0.418 e. The van der Waals surface area contributed by atoms with Crippen molar-refractivity contribution in [3.05, 3.63) is 24.0 Å². The van der Waals surface area contributed by atoms with Crippen LogP contribution in [-0.2, 0) is 11.3 Å². The van der Waals surface area contributed by atoms with Crippen LogP contribution >= 0.6 is 0 Å². The van der Waals surface area contributed by atoms with E-state index in [1.54, 1.807) is 4.57 Å². The SMILES string of the molecule is CC(C)(C)OCCn1ccc(C(O)C(F)(F)F)c1. The molecule has 0 saturated carbocycles. The summed E-state index contributed by atoms with van der Waals surface area (Å²) in [7, 11) is 0. The molecule has 1 aromatic heterocycles. The Morgan fingerprint density at radius 2 is 1.94 bits per heavy atom. The molecule has 0 aliphatic carbocycles. The number of alkyl halides is 3. The average molecular weight is 265 g/mol. The van der Waals surface area contributed by atoms with E-state index in [-0.39, 0.29) is 11.2 Å². The van der Waals surface area contributed by atoms with Crippen LogP contribution in [-0.4, -0.2) is 28.1 Å². The molecule has 0 aromatic carbocycles. The lowest BCUT2D eigenvalue weighted by Gasteiger charge is -2.19. The molecular formula is C12H18F3NO2. The highest BCUT2D eigenvalue weighted by Gasteiger charge is 2.39. The fourth-order valence-corrected chi connectivity index (χ4v) is 1.41. The largest absolute Gasteiger partial charge is 0.418 e. The van der Waals surface area contributed by atoms with Crippen LogP contribution in [0.15, 0.2) is 18.5 Å². The zero-order valence-electron chi connectivity index (χ0n) is 10.7. The minimum Gasteiger partial charge on any atom is -0.379 e. The van der Waals surface area contributed by atoms with Gasteiger partial charge < -0.3 is 14.4 Å². The van der Waals surface area contributed by atoms with Gasteiger partial charge in [0, 0.05) is 24.5 Å². The van der Waals surface area contributed by atoms with E-state index >= 15 is 0 Å². The van der Waals surface area contributed by atoms with E-state index in [0.717, 1.165) is 0 Å². The van der Waals surface area contributed by atoms with Gasteiger partial charge in [0.15, 0.2) is 6.10 Å². The number of hydrogen-bond donors (Lipinski definition) is 1. The van der Waals surface area contributed by atoms with Crippen LogP contribution in [0.3, 0.4) is 0 Å². The van der Waals surface area contributed by atoms with E-state index in [0.29, 0.717) is 13.2 Å². The molecule has 0 saturated heterocycles. The van der Waals surface area contributed by atoms with Gasteiger partial charge in [-0.3, -0.25) is 0 Å². The molecule has 18 heavy (non-hydrogen) atoms. The minimum absolute atomic E-state index is 0.154. The lowest BCUT2D eigenvalue weighted by Crippen LogP contribution is -2.21. The van der Waals surface area contributed by atoms with Crippen molar-refractivity contribution in [3.63, 3.8) is 0 Å². The summed E-state index contributed by atoms with van der Waals surface area (Å²) in [6.45, 7) is 6.56. The number of aliphatic hydroxyl groups excluding tert-OH is 1. The normalized spacial score (nSPS) is 14.8. The van der Waals surface area contributed by atoms with E-state index in [1.165, 1.54) is 18.5 Å². The Bertz CT molecular complexity index is 379. The summed E-state index contributed by atoms with van der Waals surface area (Å²) in [6, 6.07) is 1.26. The summed E-state index contributed by atoms with van der Waals surface area (Å²) in [6.07, 6.45) is -4.28. The van der Waals surface area contributed by atoms with Gasteiger partial charge in [0.1, 0.15) is 0 Å². The molecule has 0 radical (unpaired) electrons. The summed E-state index contributed by atoms with van der Waals surface area (Å²) in [5, 5.41) is 9.06. The summed E-state index contributed by atoms with van der Waals surface area (Å²) in [5.41, 5.74) is -0.431. The van der Waals surface area contributed by atoms with E-state index in [9.17, 15) is 13.2 Å². The van der Waals surface area contributed by atoms with E-state index < -0.39 is 12.3 Å². The van der Waals surface area contributed by atoms with Gasteiger partial charge in [-0.1, -0.05) is 0 Å². The van der Waals surface area contributed by atoms with Crippen LogP contribution in [0.25, 0.3) is 0 Å². The lowest BCUT2D eigenvalue weighted by molar-refractivity contribution is -0.206. The van der Waals surface area contributed by atoms with Gasteiger partial charge in [0.05, 0.1) is 12.2 Å². The topological polar surface area (TPSA) is 34.4 Å². The Labute approximate surface area is 104 Å². The highest BCUT2D eigenvalue weighted by Crippen LogP contribution is 2.32. The quantitative estimate of drug-likeness (QED) is 0.908. The fraction of sp³-hybridized carbons (Fsp3) is 0.667. The molecule has 1 N–H and O–H groups in total. The number of aromatic nitrogens is 1. The van der Waals surface area contributed by atoms with E-state index in [2.05, 4.69) is 0 Å². The van der Waals surface area contributed by atoms with Crippen molar-refractivity contribution in [2.45, 2.75) is 45.2 Å². The van der Waals surface area contributed by atoms with Crippen molar-refractivity contribution >= 4 is 0 Å². The highest BCUT2D eigenvalue weighted by atomic mass is 19.4. The third kappa shape index (κ3) is 4.70. The molecule has 0 amide bonds. The average Bonchev–Trinajstić information content (AvgIpc) is 2.61. The van der Waals surface area contributed by atoms with Gasteiger partial charge in [-0.25, -0.2) is 0 Å². The first-order chi connectivity index (χ1) is 8.09. The molecule has 3 nitrogen and oxygen atoms in total. The summed E-state index contributed by atoms with van der Waals surface area (Å²) in [4.78, 5) is 0. The second-order valence-corrected chi connectivity index (χ2v) is 5.09. The second-order valence-electron chi connectivity index (χ2n) is 5.09. The molecule has 1 aromatic rings. The number of hydrogen-bond acceptors (Lipinski definition) is 2. The molecule has 0 spiro atoms. The monoisotopic (exact) mass is 265 g/mol. The maximum absolute atomic E-state index is 12.3. The zero-order valence-corrected chi connectivity index (χ0v) is 10.7. The first kappa shape index (κ1) is 15.0. The van der Waals surface area contributed by atoms with Crippen molar-refractivity contribution in [2.75, 3.05) is 6.61 Å².